The monoisotopic (exact) mass is 365 g/mol. The van der Waals surface area contributed by atoms with E-state index in [9.17, 15) is 5.11 Å². The first-order valence-electron chi connectivity index (χ1n) is 10.3. The second kappa shape index (κ2) is 7.25. The molecule has 3 nitrogen and oxygen atoms in total. The van der Waals surface area contributed by atoms with E-state index >= 15 is 0 Å². The maximum Gasteiger partial charge on any atom is 0.152 e. The normalized spacial score (nSPS) is 22.9. The SMILES string of the molecule is [2H]C(O)c1c(Cl)nc(C([2H])C([2H])([2H])C([2H])([2H])C([2H])([2H])[2H])n1Cc1ccc(Br)cc1. The molecule has 0 saturated heterocycles. The molecule has 2 atom stereocenters. The Balaban J connectivity index is 2.60. The maximum atomic E-state index is 9.79. The third-order valence-electron chi connectivity index (χ3n) is 2.64. The maximum absolute atomic E-state index is 9.79. The minimum absolute atomic E-state index is 0.0458. The summed E-state index contributed by atoms with van der Waals surface area (Å²) in [6.45, 7) is -5.23. The van der Waals surface area contributed by atoms with Crippen molar-refractivity contribution in [1.29, 1.82) is 0 Å². The van der Waals surface area contributed by atoms with Gasteiger partial charge in [-0.05, 0) is 24.1 Å². The van der Waals surface area contributed by atoms with Crippen molar-refractivity contribution < 1.29 is 17.4 Å². The molecule has 2 rings (SSSR count). The molecule has 0 aliphatic rings. The number of aliphatic hydroxyl groups excluding tert-OH is 1. The second-order valence-corrected chi connectivity index (χ2v) is 5.18. The average molecular weight is 367 g/mol. The molecule has 0 aliphatic carbocycles. The zero-order valence-corrected chi connectivity index (χ0v) is 12.6. The summed E-state index contributed by atoms with van der Waals surface area (Å²) in [5, 5.41) is 9.44. The fraction of sp³-hybridized carbons (Fsp3) is 0.400. The molecule has 0 fully saturated rings. The Hall–Kier alpha value is -0.840. The highest BCUT2D eigenvalue weighted by molar-refractivity contribution is 9.10. The summed E-state index contributed by atoms with van der Waals surface area (Å²) in [6, 6.07) is 6.87. The molecule has 0 radical (unpaired) electrons. The number of aliphatic hydroxyl groups is 1. The van der Waals surface area contributed by atoms with Crippen LogP contribution in [0.3, 0.4) is 0 Å². The molecule has 1 N–H and O–H groups in total. The molecular weight excluding hydrogens is 340 g/mol. The third kappa shape index (κ3) is 3.62. The summed E-state index contributed by atoms with van der Waals surface area (Å²) in [7, 11) is 0. The molecule has 108 valence electrons. The van der Waals surface area contributed by atoms with E-state index in [-0.39, 0.29) is 17.4 Å². The number of hydrogen-bond donors (Lipinski definition) is 1. The van der Waals surface area contributed by atoms with Crippen molar-refractivity contribution in [2.75, 3.05) is 0 Å². The molecule has 0 spiro atoms. The molecule has 1 aromatic heterocycles. The molecular formula is C15H18BrClN2O. The van der Waals surface area contributed by atoms with Crippen molar-refractivity contribution in [1.82, 2.24) is 9.55 Å². The molecule has 0 amide bonds. The molecule has 0 aliphatic heterocycles. The average Bonchev–Trinajstić information content (AvgIpc) is 2.91. The first kappa shape index (κ1) is 7.43. The van der Waals surface area contributed by atoms with Gasteiger partial charge in [-0.2, -0.15) is 0 Å². The highest BCUT2D eigenvalue weighted by atomic mass is 79.9. The predicted octanol–water partition coefficient (Wildman–Crippen LogP) is 4.18. The third-order valence-corrected chi connectivity index (χ3v) is 3.45. The van der Waals surface area contributed by atoms with Crippen LogP contribution in [0.4, 0.5) is 0 Å². The number of aromatic nitrogens is 2. The molecule has 5 heteroatoms. The lowest BCUT2D eigenvalue weighted by atomic mass is 10.2. The predicted molar refractivity (Wildman–Crippen MR) is 85.0 cm³/mol. The molecule has 0 bridgehead atoms. The number of halogens is 2. The Morgan fingerprint density at radius 3 is 2.85 bits per heavy atom. The van der Waals surface area contributed by atoms with E-state index in [1.165, 1.54) is 0 Å². The number of aryl methyl sites for hydroxylation is 1. The number of benzene rings is 1. The van der Waals surface area contributed by atoms with Gasteiger partial charge in [-0.3, -0.25) is 0 Å². The van der Waals surface area contributed by atoms with Gasteiger partial charge in [0, 0.05) is 28.4 Å². The van der Waals surface area contributed by atoms with Gasteiger partial charge in [-0.1, -0.05) is 52.9 Å². The van der Waals surface area contributed by atoms with E-state index in [1.807, 2.05) is 0 Å². The zero-order valence-electron chi connectivity index (χ0n) is 19.3. The van der Waals surface area contributed by atoms with Crippen LogP contribution in [-0.4, -0.2) is 14.7 Å². The van der Waals surface area contributed by atoms with Crippen molar-refractivity contribution in [3.63, 3.8) is 0 Å². The molecule has 2 unspecified atom stereocenters. The van der Waals surface area contributed by atoms with Crippen LogP contribution in [0.15, 0.2) is 28.7 Å². The number of imidazole rings is 1. The van der Waals surface area contributed by atoms with Gasteiger partial charge < -0.3 is 9.67 Å². The molecule has 20 heavy (non-hydrogen) atoms. The van der Waals surface area contributed by atoms with Gasteiger partial charge in [0.15, 0.2) is 5.15 Å². The molecule has 2 aromatic rings. The van der Waals surface area contributed by atoms with Gasteiger partial charge in [-0.15, -0.1) is 0 Å². The van der Waals surface area contributed by atoms with Gasteiger partial charge in [0.25, 0.3) is 0 Å². The van der Waals surface area contributed by atoms with Crippen LogP contribution in [0, 0.1) is 0 Å². The van der Waals surface area contributed by atoms with Gasteiger partial charge >= 0.3 is 0 Å². The summed E-state index contributed by atoms with van der Waals surface area (Å²) in [5.74, 6) is -0.391. The minimum Gasteiger partial charge on any atom is -0.390 e. The smallest absolute Gasteiger partial charge is 0.152 e. The number of nitrogens with zero attached hydrogens (tertiary/aromatic N) is 2. The fourth-order valence-corrected chi connectivity index (χ4v) is 2.23. The van der Waals surface area contributed by atoms with E-state index in [0.717, 1.165) is 9.04 Å². The molecule has 1 aromatic carbocycles. The second-order valence-electron chi connectivity index (χ2n) is 3.90. The van der Waals surface area contributed by atoms with Crippen LogP contribution in [0.5, 0.6) is 0 Å². The van der Waals surface area contributed by atoms with Gasteiger partial charge in [-0.25, -0.2) is 4.98 Å². The first-order chi connectivity index (χ1) is 13.1. The van der Waals surface area contributed by atoms with Crippen LogP contribution in [-0.2, 0) is 19.5 Å². The lowest BCUT2D eigenvalue weighted by molar-refractivity contribution is 0.271. The highest BCUT2D eigenvalue weighted by Crippen LogP contribution is 2.21. The fourth-order valence-electron chi connectivity index (χ4n) is 1.73. The van der Waals surface area contributed by atoms with E-state index in [1.54, 1.807) is 24.3 Å². The van der Waals surface area contributed by atoms with E-state index < -0.39 is 38.4 Å². The Kier molecular flexibility index (Phi) is 2.69. The lowest BCUT2D eigenvalue weighted by Gasteiger charge is -2.11. The highest BCUT2D eigenvalue weighted by Gasteiger charge is 2.15. The minimum atomic E-state index is -3.37. The summed E-state index contributed by atoms with van der Waals surface area (Å²) in [4.78, 5) is 3.87. The van der Waals surface area contributed by atoms with Crippen molar-refractivity contribution in [2.24, 2.45) is 0 Å². The van der Waals surface area contributed by atoms with Crippen LogP contribution < -0.4 is 0 Å². The van der Waals surface area contributed by atoms with Crippen molar-refractivity contribution in [2.45, 2.75) is 39.1 Å². The van der Waals surface area contributed by atoms with Crippen molar-refractivity contribution >= 4 is 27.5 Å². The Morgan fingerprint density at radius 1 is 1.45 bits per heavy atom. The van der Waals surface area contributed by atoms with Gasteiger partial charge in [0.1, 0.15) is 5.82 Å². The van der Waals surface area contributed by atoms with E-state index in [0.29, 0.717) is 5.56 Å². The summed E-state index contributed by atoms with van der Waals surface area (Å²) >= 11 is 9.30. The van der Waals surface area contributed by atoms with Gasteiger partial charge in [0.05, 0.1) is 13.6 Å². The van der Waals surface area contributed by atoms with Crippen LogP contribution in [0.25, 0.3) is 0 Å². The number of hydrogen-bond acceptors (Lipinski definition) is 2. The Labute approximate surface area is 145 Å². The Bertz CT molecular complexity index is 868. The van der Waals surface area contributed by atoms with Crippen molar-refractivity contribution in [3.05, 3.63) is 51.0 Å². The van der Waals surface area contributed by atoms with Gasteiger partial charge in [0.2, 0.25) is 0 Å². The number of rotatable bonds is 6. The summed E-state index contributed by atoms with van der Waals surface area (Å²) in [6.07, 6.45) is -8.65. The van der Waals surface area contributed by atoms with Crippen LogP contribution >= 0.6 is 27.5 Å². The molecule has 1 heterocycles. The molecule has 0 saturated carbocycles. The zero-order chi connectivity index (χ0) is 22.4. The van der Waals surface area contributed by atoms with Crippen LogP contribution in [0.2, 0.25) is 5.15 Å². The standard InChI is InChI=1S/C15H18BrClN2O/c1-2-3-4-14-18-15(17)13(10-20)19(14)9-11-5-7-12(16)8-6-11/h5-8,20H,2-4,9-10H2,1H3/i1D3,2D2,3D2,4D,10D. The Morgan fingerprint density at radius 2 is 2.20 bits per heavy atom. The summed E-state index contributed by atoms with van der Waals surface area (Å²) in [5.41, 5.74) is 0.448. The lowest BCUT2D eigenvalue weighted by Crippen LogP contribution is -2.09. The van der Waals surface area contributed by atoms with E-state index in [2.05, 4.69) is 20.9 Å². The van der Waals surface area contributed by atoms with E-state index in [4.69, 9.17) is 23.9 Å². The van der Waals surface area contributed by atoms with Crippen molar-refractivity contribution in [3.8, 4) is 0 Å². The first-order valence-corrected chi connectivity index (χ1v) is 6.81. The summed E-state index contributed by atoms with van der Waals surface area (Å²) < 4.78 is 71.5. The topological polar surface area (TPSA) is 38.1 Å². The van der Waals surface area contributed by atoms with Crippen LogP contribution in [0.1, 0.15) is 49.0 Å². The quantitative estimate of drug-likeness (QED) is 0.832. The largest absolute Gasteiger partial charge is 0.390 e.